The van der Waals surface area contributed by atoms with Crippen LogP contribution in [0.4, 0.5) is 5.69 Å². The topological polar surface area (TPSA) is 93.8 Å². The van der Waals surface area contributed by atoms with Crippen LogP contribution in [0.25, 0.3) is 16.7 Å². The predicted molar refractivity (Wildman–Crippen MR) is 81.8 cm³/mol. The maximum Gasteiger partial charge on any atom is 0.334 e. The van der Waals surface area contributed by atoms with Gasteiger partial charge in [0.15, 0.2) is 5.65 Å². The van der Waals surface area contributed by atoms with Crippen molar-refractivity contribution in [2.24, 2.45) is 0 Å². The number of H-pyrrole nitrogens is 1. The maximum absolute atomic E-state index is 12.2. The van der Waals surface area contributed by atoms with Crippen LogP contribution in [0.5, 0.6) is 0 Å². The number of nitrogens with one attached hydrogen (secondary N) is 1. The number of nitrogen functional groups attached to an aromatic ring is 1. The van der Waals surface area contributed by atoms with Crippen molar-refractivity contribution in [2.75, 3.05) is 5.73 Å². The molecule has 0 aliphatic carbocycles. The van der Waals surface area contributed by atoms with Gasteiger partial charge in [0.05, 0.1) is 23.0 Å². The van der Waals surface area contributed by atoms with Gasteiger partial charge in [0, 0.05) is 0 Å². The van der Waals surface area contributed by atoms with Crippen LogP contribution < -0.4 is 17.0 Å². The summed E-state index contributed by atoms with van der Waals surface area (Å²) in [5.41, 5.74) is 8.03. The summed E-state index contributed by atoms with van der Waals surface area (Å²) in [6, 6.07) is 7.25. The first-order valence-electron chi connectivity index (χ1n) is 6.45. The number of nitrogens with two attached hydrogens (primary N) is 1. The van der Waals surface area contributed by atoms with Crippen LogP contribution in [-0.2, 0) is 0 Å². The number of anilines is 1. The highest BCUT2D eigenvalue weighted by atomic mass is 16.2. The number of nitrogens with zero attached hydrogens (tertiary/aromatic N) is 2. The van der Waals surface area contributed by atoms with Gasteiger partial charge >= 0.3 is 5.69 Å². The Morgan fingerprint density at radius 3 is 2.43 bits per heavy atom. The molecule has 0 unspecified atom stereocenters. The van der Waals surface area contributed by atoms with Gasteiger partial charge in [-0.25, -0.2) is 14.3 Å². The number of hydrogen-bond donors (Lipinski definition) is 2. The Bertz CT molecular complexity index is 949. The molecule has 1 aromatic carbocycles. The van der Waals surface area contributed by atoms with Gasteiger partial charge in [-0.05, 0) is 43.2 Å². The highest BCUT2D eigenvalue weighted by Crippen LogP contribution is 2.16. The predicted octanol–water partition coefficient (Wildman–Crippen LogP) is 1.27. The molecule has 6 nitrogen and oxygen atoms in total. The summed E-state index contributed by atoms with van der Waals surface area (Å²) in [6.07, 6.45) is 1.43. The SMILES string of the molecule is Cc1cc(C)cc(-n2c(=O)[nH]c(=O)c3cc(N)cnc32)c1. The Balaban J connectivity index is 2.47. The molecule has 0 saturated heterocycles. The average Bonchev–Trinajstić information content (AvgIpc) is 2.38. The minimum absolute atomic E-state index is 0.286. The highest BCUT2D eigenvalue weighted by molar-refractivity contribution is 5.78. The number of pyridine rings is 1. The largest absolute Gasteiger partial charge is 0.397 e. The fourth-order valence-electron chi connectivity index (χ4n) is 2.45. The van der Waals surface area contributed by atoms with Gasteiger partial charge in [-0.1, -0.05) is 6.07 Å². The normalized spacial score (nSPS) is 11.0. The molecule has 3 aromatic rings. The molecule has 0 saturated carbocycles. The monoisotopic (exact) mass is 282 g/mol. The van der Waals surface area contributed by atoms with Crippen LogP contribution in [0, 0.1) is 13.8 Å². The van der Waals surface area contributed by atoms with Gasteiger partial charge in [-0.2, -0.15) is 0 Å². The smallest absolute Gasteiger partial charge is 0.334 e. The zero-order valence-electron chi connectivity index (χ0n) is 11.7. The van der Waals surface area contributed by atoms with E-state index < -0.39 is 11.2 Å². The number of hydrogen-bond acceptors (Lipinski definition) is 4. The van der Waals surface area contributed by atoms with Crippen molar-refractivity contribution in [1.29, 1.82) is 0 Å². The minimum atomic E-state index is -0.519. The molecule has 0 bridgehead atoms. The minimum Gasteiger partial charge on any atom is -0.397 e. The molecule has 0 aliphatic rings. The van der Waals surface area contributed by atoms with E-state index in [0.717, 1.165) is 11.1 Å². The molecular formula is C15H14N4O2. The molecule has 3 N–H and O–H groups in total. The molecule has 2 heterocycles. The molecule has 0 fully saturated rings. The second kappa shape index (κ2) is 4.59. The second-order valence-electron chi connectivity index (χ2n) is 5.08. The van der Waals surface area contributed by atoms with Crippen LogP contribution in [0.2, 0.25) is 0 Å². The highest BCUT2D eigenvalue weighted by Gasteiger charge is 2.11. The van der Waals surface area contributed by atoms with Crippen molar-refractivity contribution < 1.29 is 0 Å². The molecule has 0 aliphatic heterocycles. The lowest BCUT2D eigenvalue weighted by atomic mass is 10.1. The molecule has 0 amide bonds. The average molecular weight is 282 g/mol. The lowest BCUT2D eigenvalue weighted by Gasteiger charge is -2.10. The summed E-state index contributed by atoms with van der Waals surface area (Å²) in [5, 5.41) is 0.286. The van der Waals surface area contributed by atoms with Gasteiger partial charge in [-0.15, -0.1) is 0 Å². The van der Waals surface area contributed by atoms with E-state index in [9.17, 15) is 9.59 Å². The summed E-state index contributed by atoms with van der Waals surface area (Å²) < 4.78 is 1.39. The third-order valence-electron chi connectivity index (χ3n) is 3.23. The maximum atomic E-state index is 12.2. The molecule has 6 heteroatoms. The standard InChI is InChI=1S/C15H14N4O2/c1-8-3-9(2)5-11(4-8)19-13-12(6-10(16)7-17-13)14(20)18-15(19)21/h3-7H,16H2,1-2H3,(H,18,20,21). The fourth-order valence-corrected chi connectivity index (χ4v) is 2.45. The van der Waals surface area contributed by atoms with Gasteiger partial charge in [0.2, 0.25) is 0 Å². The molecule has 0 radical (unpaired) electrons. The van der Waals surface area contributed by atoms with E-state index >= 15 is 0 Å². The van der Waals surface area contributed by atoms with Gasteiger partial charge < -0.3 is 5.73 Å². The van der Waals surface area contributed by atoms with Crippen molar-refractivity contribution in [3.63, 3.8) is 0 Å². The first kappa shape index (κ1) is 13.1. The van der Waals surface area contributed by atoms with Crippen LogP contribution >= 0.6 is 0 Å². The fraction of sp³-hybridized carbons (Fsp3) is 0.133. The molecule has 2 aromatic heterocycles. The van der Waals surface area contributed by atoms with Crippen LogP contribution in [0.3, 0.4) is 0 Å². The quantitative estimate of drug-likeness (QED) is 0.703. The summed E-state index contributed by atoms with van der Waals surface area (Å²) in [4.78, 5) is 30.6. The number of fused-ring (bicyclic) bond motifs is 1. The van der Waals surface area contributed by atoms with E-state index in [-0.39, 0.29) is 5.39 Å². The third kappa shape index (κ3) is 2.20. The van der Waals surface area contributed by atoms with Crippen molar-refractivity contribution in [3.05, 3.63) is 62.4 Å². The lowest BCUT2D eigenvalue weighted by molar-refractivity contribution is 0.923. The van der Waals surface area contributed by atoms with Crippen LogP contribution in [0.15, 0.2) is 40.1 Å². The summed E-state index contributed by atoms with van der Waals surface area (Å²) in [6.45, 7) is 3.89. The molecule has 0 spiro atoms. The Hall–Kier alpha value is -2.89. The van der Waals surface area contributed by atoms with E-state index in [1.54, 1.807) is 0 Å². The third-order valence-corrected chi connectivity index (χ3v) is 3.23. The van der Waals surface area contributed by atoms with Gasteiger partial charge in [-0.3, -0.25) is 9.78 Å². The number of benzene rings is 1. The van der Waals surface area contributed by atoms with Crippen LogP contribution in [0.1, 0.15) is 11.1 Å². The Labute approximate surface area is 119 Å². The number of aryl methyl sites for hydroxylation is 2. The van der Waals surface area contributed by atoms with Gasteiger partial charge in [0.25, 0.3) is 5.56 Å². The Morgan fingerprint density at radius 1 is 1.10 bits per heavy atom. The van der Waals surface area contributed by atoms with Crippen molar-refractivity contribution in [2.45, 2.75) is 13.8 Å². The second-order valence-corrected chi connectivity index (χ2v) is 5.08. The van der Waals surface area contributed by atoms with E-state index in [1.165, 1.54) is 16.8 Å². The van der Waals surface area contributed by atoms with E-state index in [4.69, 9.17) is 5.73 Å². The van der Waals surface area contributed by atoms with Crippen molar-refractivity contribution >= 4 is 16.7 Å². The molecular weight excluding hydrogens is 268 g/mol. The summed E-state index contributed by atoms with van der Waals surface area (Å²) in [5.74, 6) is 0. The van der Waals surface area contributed by atoms with E-state index in [1.807, 2.05) is 32.0 Å². The molecule has 0 atom stereocenters. The zero-order valence-corrected chi connectivity index (χ0v) is 11.7. The van der Waals surface area contributed by atoms with Gasteiger partial charge in [0.1, 0.15) is 0 Å². The van der Waals surface area contributed by atoms with Crippen molar-refractivity contribution in [3.8, 4) is 5.69 Å². The first-order chi connectivity index (χ1) is 9.95. The zero-order chi connectivity index (χ0) is 15.1. The Kier molecular flexibility index (Phi) is 2.86. The number of aromatic nitrogens is 3. The molecule has 21 heavy (non-hydrogen) atoms. The molecule has 3 rings (SSSR count). The van der Waals surface area contributed by atoms with Crippen molar-refractivity contribution in [1.82, 2.24) is 14.5 Å². The van der Waals surface area contributed by atoms with E-state index in [0.29, 0.717) is 17.0 Å². The molecule has 106 valence electrons. The van der Waals surface area contributed by atoms with Crippen LogP contribution in [-0.4, -0.2) is 14.5 Å². The number of aromatic amines is 1. The summed E-state index contributed by atoms with van der Waals surface area (Å²) in [7, 11) is 0. The Morgan fingerprint density at radius 2 is 1.76 bits per heavy atom. The first-order valence-corrected chi connectivity index (χ1v) is 6.45. The number of rotatable bonds is 1. The lowest BCUT2D eigenvalue weighted by Crippen LogP contribution is -2.30. The summed E-state index contributed by atoms with van der Waals surface area (Å²) >= 11 is 0. The van der Waals surface area contributed by atoms with E-state index in [2.05, 4.69) is 9.97 Å².